The molecule has 0 fully saturated rings. The molecule has 1 N–H and O–H groups in total. The lowest BCUT2D eigenvalue weighted by Crippen LogP contribution is -2.12. The van der Waals surface area contributed by atoms with Gasteiger partial charge in [-0.3, -0.25) is 10.1 Å². The Balaban J connectivity index is 1.61. The maximum atomic E-state index is 12.8. The zero-order valence-corrected chi connectivity index (χ0v) is 15.5. The Morgan fingerprint density at radius 1 is 1.08 bits per heavy atom. The van der Waals surface area contributed by atoms with Crippen molar-refractivity contribution >= 4 is 43.4 Å². The van der Waals surface area contributed by atoms with E-state index in [1.165, 1.54) is 29.7 Å². The van der Waals surface area contributed by atoms with Gasteiger partial charge >= 0.3 is 0 Å². The molecule has 0 radical (unpaired) electrons. The number of carbonyl (C=O) groups is 1. The van der Waals surface area contributed by atoms with Gasteiger partial charge in [-0.15, -0.1) is 0 Å². The van der Waals surface area contributed by atoms with Crippen LogP contribution in [0.4, 0.5) is 5.13 Å². The summed E-state index contributed by atoms with van der Waals surface area (Å²) in [6.07, 6.45) is 3.46. The zero-order valence-electron chi connectivity index (χ0n) is 14.7. The fourth-order valence-electron chi connectivity index (χ4n) is 3.15. The zero-order chi connectivity index (χ0) is 17.9. The maximum Gasteiger partial charge on any atom is 0.258 e. The van der Waals surface area contributed by atoms with Crippen molar-refractivity contribution in [1.29, 1.82) is 0 Å². The molecule has 0 aliphatic heterocycles. The molecule has 0 aliphatic rings. The molecule has 0 unspecified atom stereocenters. The van der Waals surface area contributed by atoms with Crippen LogP contribution in [0.15, 0.2) is 60.7 Å². The second-order valence-electron chi connectivity index (χ2n) is 6.41. The van der Waals surface area contributed by atoms with Crippen LogP contribution in [-0.2, 0) is 6.42 Å². The Labute approximate surface area is 156 Å². The van der Waals surface area contributed by atoms with Crippen molar-refractivity contribution in [3.05, 3.63) is 71.8 Å². The van der Waals surface area contributed by atoms with Crippen molar-refractivity contribution < 1.29 is 4.79 Å². The van der Waals surface area contributed by atoms with Crippen molar-refractivity contribution in [3.8, 4) is 0 Å². The van der Waals surface area contributed by atoms with E-state index in [4.69, 9.17) is 0 Å². The number of aryl methyl sites for hydroxylation is 1. The van der Waals surface area contributed by atoms with Gasteiger partial charge in [0.15, 0.2) is 5.13 Å². The Morgan fingerprint density at radius 2 is 1.92 bits per heavy atom. The van der Waals surface area contributed by atoms with Gasteiger partial charge in [0.05, 0.1) is 10.2 Å². The van der Waals surface area contributed by atoms with Crippen LogP contribution in [0.1, 0.15) is 35.7 Å². The number of nitrogens with zero attached hydrogens (tertiary/aromatic N) is 1. The minimum absolute atomic E-state index is 0.118. The van der Waals surface area contributed by atoms with Gasteiger partial charge < -0.3 is 0 Å². The second kappa shape index (κ2) is 7.26. The summed E-state index contributed by atoms with van der Waals surface area (Å²) in [4.78, 5) is 17.3. The lowest BCUT2D eigenvalue weighted by molar-refractivity contribution is 0.102. The average molecular weight is 360 g/mol. The first kappa shape index (κ1) is 16.7. The van der Waals surface area contributed by atoms with Gasteiger partial charge in [0.25, 0.3) is 5.91 Å². The molecule has 0 aliphatic carbocycles. The van der Waals surface area contributed by atoms with E-state index in [0.717, 1.165) is 27.4 Å². The molecule has 0 saturated carbocycles. The quantitative estimate of drug-likeness (QED) is 0.471. The molecule has 1 amide bonds. The highest BCUT2D eigenvalue weighted by atomic mass is 32.1. The van der Waals surface area contributed by atoms with Crippen LogP contribution < -0.4 is 5.32 Å². The highest BCUT2D eigenvalue weighted by molar-refractivity contribution is 7.22. The molecule has 4 heteroatoms. The van der Waals surface area contributed by atoms with E-state index in [9.17, 15) is 4.79 Å². The third kappa shape index (κ3) is 3.33. The summed E-state index contributed by atoms with van der Waals surface area (Å²) >= 11 is 1.53. The summed E-state index contributed by atoms with van der Waals surface area (Å²) in [7, 11) is 0. The van der Waals surface area contributed by atoms with Gasteiger partial charge in [-0.1, -0.05) is 67.1 Å². The number of unbranched alkanes of at least 4 members (excludes halogenated alkanes) is 1. The summed E-state index contributed by atoms with van der Waals surface area (Å²) in [6, 6.07) is 20.1. The van der Waals surface area contributed by atoms with E-state index in [-0.39, 0.29) is 5.91 Å². The largest absolute Gasteiger partial charge is 0.298 e. The average Bonchev–Trinajstić information content (AvgIpc) is 3.07. The van der Waals surface area contributed by atoms with Crippen LogP contribution >= 0.6 is 11.3 Å². The van der Waals surface area contributed by atoms with Crippen molar-refractivity contribution in [2.75, 3.05) is 5.32 Å². The van der Waals surface area contributed by atoms with Crippen molar-refractivity contribution in [2.24, 2.45) is 0 Å². The molecule has 0 atom stereocenters. The molecular weight excluding hydrogens is 340 g/mol. The minimum atomic E-state index is -0.118. The van der Waals surface area contributed by atoms with E-state index in [1.807, 2.05) is 48.5 Å². The fraction of sp³-hybridized carbons (Fsp3) is 0.182. The molecule has 0 saturated heterocycles. The van der Waals surface area contributed by atoms with Gasteiger partial charge in [0.1, 0.15) is 0 Å². The first-order chi connectivity index (χ1) is 12.7. The number of thiazole rings is 1. The van der Waals surface area contributed by atoms with Gasteiger partial charge in [0, 0.05) is 5.56 Å². The van der Waals surface area contributed by atoms with E-state index in [2.05, 4.69) is 29.4 Å². The minimum Gasteiger partial charge on any atom is -0.298 e. The Hall–Kier alpha value is -2.72. The lowest BCUT2D eigenvalue weighted by Gasteiger charge is -2.05. The molecule has 4 aromatic rings. The van der Waals surface area contributed by atoms with Gasteiger partial charge in [-0.25, -0.2) is 4.98 Å². The molecule has 26 heavy (non-hydrogen) atoms. The van der Waals surface area contributed by atoms with E-state index in [0.29, 0.717) is 10.7 Å². The SMILES string of the molecule is CCCCc1ccc2nc(NC(=O)c3cccc4ccccc34)sc2c1. The number of fused-ring (bicyclic) bond motifs is 2. The molecule has 4 rings (SSSR count). The van der Waals surface area contributed by atoms with Crippen LogP contribution in [-0.4, -0.2) is 10.9 Å². The van der Waals surface area contributed by atoms with Gasteiger partial charge in [0.2, 0.25) is 0 Å². The number of rotatable bonds is 5. The molecule has 0 bridgehead atoms. The number of benzene rings is 3. The molecule has 3 aromatic carbocycles. The number of carbonyl (C=O) groups excluding carboxylic acids is 1. The van der Waals surface area contributed by atoms with Crippen LogP contribution in [0.5, 0.6) is 0 Å². The number of nitrogens with one attached hydrogen (secondary N) is 1. The monoisotopic (exact) mass is 360 g/mol. The third-order valence-corrected chi connectivity index (χ3v) is 5.46. The third-order valence-electron chi connectivity index (χ3n) is 4.53. The number of hydrogen-bond acceptors (Lipinski definition) is 3. The second-order valence-corrected chi connectivity index (χ2v) is 7.44. The highest BCUT2D eigenvalue weighted by Crippen LogP contribution is 2.28. The van der Waals surface area contributed by atoms with Gasteiger partial charge in [-0.2, -0.15) is 0 Å². The first-order valence-electron chi connectivity index (χ1n) is 8.93. The maximum absolute atomic E-state index is 12.8. The molecule has 0 spiro atoms. The molecule has 130 valence electrons. The van der Waals surface area contributed by atoms with E-state index in [1.54, 1.807) is 0 Å². The molecular formula is C22H20N2OS. The van der Waals surface area contributed by atoms with Crippen molar-refractivity contribution in [3.63, 3.8) is 0 Å². The van der Waals surface area contributed by atoms with Crippen LogP contribution in [0, 0.1) is 0 Å². The van der Waals surface area contributed by atoms with Gasteiger partial charge in [-0.05, 0) is 47.4 Å². The highest BCUT2D eigenvalue weighted by Gasteiger charge is 2.12. The smallest absolute Gasteiger partial charge is 0.258 e. The predicted octanol–water partition coefficient (Wildman–Crippen LogP) is 6.04. The van der Waals surface area contributed by atoms with Crippen LogP contribution in [0.3, 0.4) is 0 Å². The van der Waals surface area contributed by atoms with Crippen LogP contribution in [0.2, 0.25) is 0 Å². The van der Waals surface area contributed by atoms with E-state index < -0.39 is 0 Å². The summed E-state index contributed by atoms with van der Waals surface area (Å²) in [5, 5.41) is 5.63. The fourth-order valence-corrected chi connectivity index (χ4v) is 4.07. The summed E-state index contributed by atoms with van der Waals surface area (Å²) in [5.74, 6) is -0.118. The number of amides is 1. The molecule has 1 aromatic heterocycles. The molecule has 1 heterocycles. The summed E-state index contributed by atoms with van der Waals surface area (Å²) in [5.41, 5.74) is 2.93. The topological polar surface area (TPSA) is 42.0 Å². The standard InChI is InChI=1S/C22H20N2OS/c1-2-3-7-15-12-13-19-20(14-15)26-22(23-19)24-21(25)18-11-6-9-16-8-4-5-10-17(16)18/h4-6,8-14H,2-3,7H2,1H3,(H,23,24,25). The van der Waals surface area contributed by atoms with E-state index >= 15 is 0 Å². The van der Waals surface area contributed by atoms with Crippen LogP contribution in [0.25, 0.3) is 21.0 Å². The Morgan fingerprint density at radius 3 is 2.81 bits per heavy atom. The van der Waals surface area contributed by atoms with Crippen molar-refractivity contribution in [1.82, 2.24) is 4.98 Å². The molecule has 3 nitrogen and oxygen atoms in total. The summed E-state index contributed by atoms with van der Waals surface area (Å²) in [6.45, 7) is 2.20. The predicted molar refractivity (Wildman–Crippen MR) is 110 cm³/mol. The number of hydrogen-bond donors (Lipinski definition) is 1. The Kier molecular flexibility index (Phi) is 4.67. The van der Waals surface area contributed by atoms with Crippen molar-refractivity contribution in [2.45, 2.75) is 26.2 Å². The number of aromatic nitrogens is 1. The summed E-state index contributed by atoms with van der Waals surface area (Å²) < 4.78 is 1.12. The first-order valence-corrected chi connectivity index (χ1v) is 9.75. The number of anilines is 1. The lowest BCUT2D eigenvalue weighted by atomic mass is 10.0. The normalized spacial score (nSPS) is 11.1. The Bertz CT molecular complexity index is 1080.